The van der Waals surface area contributed by atoms with E-state index in [1.807, 2.05) is 30.3 Å². The molecule has 0 saturated carbocycles. The molecule has 0 saturated heterocycles. The summed E-state index contributed by atoms with van der Waals surface area (Å²) in [6.07, 6.45) is 1.12. The van der Waals surface area contributed by atoms with Crippen molar-refractivity contribution in [3.63, 3.8) is 0 Å². The molecule has 0 amide bonds. The summed E-state index contributed by atoms with van der Waals surface area (Å²) in [5.74, 6) is 0.956. The van der Waals surface area contributed by atoms with Crippen molar-refractivity contribution in [1.82, 2.24) is 4.98 Å². The molecule has 100 valence electrons. The maximum absolute atomic E-state index is 11.3. The molecule has 1 N–H and O–H groups in total. The van der Waals surface area contributed by atoms with E-state index in [1.54, 1.807) is 11.8 Å². The van der Waals surface area contributed by atoms with Gasteiger partial charge in [0.2, 0.25) is 0 Å². The van der Waals surface area contributed by atoms with Crippen LogP contribution in [0.3, 0.4) is 0 Å². The molecule has 0 spiro atoms. The second-order valence-corrected chi connectivity index (χ2v) is 6.20. The lowest BCUT2D eigenvalue weighted by Crippen LogP contribution is -1.95. The van der Waals surface area contributed by atoms with Gasteiger partial charge in [0.15, 0.2) is 0 Å². The number of rotatable bonds is 6. The fourth-order valence-electron chi connectivity index (χ4n) is 1.67. The molecule has 0 atom stereocenters. The number of thiazole rings is 1. The lowest BCUT2D eigenvalue weighted by Gasteiger charge is -1.97. The summed E-state index contributed by atoms with van der Waals surface area (Å²) in [5, 5.41) is 10.2. The Labute approximate surface area is 120 Å². The van der Waals surface area contributed by atoms with Crippen molar-refractivity contribution < 1.29 is 9.90 Å². The van der Waals surface area contributed by atoms with Crippen LogP contribution in [0.2, 0.25) is 0 Å². The van der Waals surface area contributed by atoms with E-state index in [9.17, 15) is 9.90 Å². The average molecular weight is 293 g/mol. The van der Waals surface area contributed by atoms with Gasteiger partial charge in [-0.1, -0.05) is 37.3 Å². The van der Waals surface area contributed by atoms with Crippen molar-refractivity contribution in [1.29, 1.82) is 0 Å². The Morgan fingerprint density at radius 2 is 2.11 bits per heavy atom. The molecule has 3 nitrogen and oxygen atoms in total. The van der Waals surface area contributed by atoms with Gasteiger partial charge in [0.25, 0.3) is 0 Å². The van der Waals surface area contributed by atoms with Gasteiger partial charge in [-0.15, -0.1) is 11.3 Å². The van der Waals surface area contributed by atoms with Gasteiger partial charge < -0.3 is 5.11 Å². The first kappa shape index (κ1) is 14.1. The van der Waals surface area contributed by atoms with Crippen molar-refractivity contribution in [2.75, 3.05) is 5.75 Å². The molecule has 0 fully saturated rings. The summed E-state index contributed by atoms with van der Waals surface area (Å²) >= 11 is 3.07. The number of hydrogen-bond acceptors (Lipinski definition) is 4. The van der Waals surface area contributed by atoms with Crippen molar-refractivity contribution in [3.05, 3.63) is 40.2 Å². The topological polar surface area (TPSA) is 50.2 Å². The Bertz CT molecular complexity index is 552. The van der Waals surface area contributed by atoms with Crippen LogP contribution in [0.4, 0.5) is 0 Å². The lowest BCUT2D eigenvalue weighted by molar-refractivity contribution is 0.0702. The van der Waals surface area contributed by atoms with Crippen molar-refractivity contribution in [3.8, 4) is 11.3 Å². The molecule has 2 rings (SSSR count). The summed E-state index contributed by atoms with van der Waals surface area (Å²) in [4.78, 5) is 16.1. The number of carbonyl (C=O) groups is 1. The van der Waals surface area contributed by atoms with Crippen molar-refractivity contribution in [2.45, 2.75) is 19.1 Å². The molecule has 0 bridgehead atoms. The zero-order valence-electron chi connectivity index (χ0n) is 10.6. The van der Waals surface area contributed by atoms with Crippen LogP contribution in [-0.4, -0.2) is 21.8 Å². The first-order valence-electron chi connectivity index (χ1n) is 6.08. The Balaban J connectivity index is 2.29. The number of carboxylic acid groups (broad SMARTS) is 1. The number of hydrogen-bond donors (Lipinski definition) is 1. The highest BCUT2D eigenvalue weighted by molar-refractivity contribution is 7.98. The fourth-order valence-corrected chi connectivity index (χ4v) is 3.54. The van der Waals surface area contributed by atoms with Gasteiger partial charge in [0.05, 0.1) is 5.69 Å². The Morgan fingerprint density at radius 3 is 2.74 bits per heavy atom. The van der Waals surface area contributed by atoms with Crippen LogP contribution in [0.15, 0.2) is 30.3 Å². The van der Waals surface area contributed by atoms with Crippen LogP contribution < -0.4 is 0 Å². The van der Waals surface area contributed by atoms with E-state index >= 15 is 0 Å². The van der Waals surface area contributed by atoms with Gasteiger partial charge in [-0.05, 0) is 12.2 Å². The monoisotopic (exact) mass is 293 g/mol. The minimum Gasteiger partial charge on any atom is -0.477 e. The van der Waals surface area contributed by atoms with Gasteiger partial charge >= 0.3 is 5.97 Å². The Hall–Kier alpha value is -1.33. The summed E-state index contributed by atoms with van der Waals surface area (Å²) in [6, 6.07) is 9.49. The molecule has 1 heterocycles. The number of aromatic carboxylic acids is 1. The number of aromatic nitrogens is 1. The zero-order chi connectivity index (χ0) is 13.7. The highest BCUT2D eigenvalue weighted by Crippen LogP contribution is 2.30. The van der Waals surface area contributed by atoms with Crippen LogP contribution in [-0.2, 0) is 5.75 Å². The summed E-state index contributed by atoms with van der Waals surface area (Å²) in [6.45, 7) is 2.13. The normalized spacial score (nSPS) is 10.6. The number of nitrogens with zero attached hydrogens (tertiary/aromatic N) is 1. The molecule has 1 aromatic heterocycles. The van der Waals surface area contributed by atoms with E-state index in [1.165, 1.54) is 11.3 Å². The first-order chi connectivity index (χ1) is 9.22. The van der Waals surface area contributed by atoms with Gasteiger partial charge in [-0.25, -0.2) is 9.78 Å². The molecule has 0 unspecified atom stereocenters. The molecule has 2 aromatic rings. The molecular formula is C14H15NO2S2. The van der Waals surface area contributed by atoms with Crippen molar-refractivity contribution in [2.24, 2.45) is 0 Å². The Kier molecular flexibility index (Phi) is 4.99. The molecule has 0 aliphatic heterocycles. The SMILES string of the molecule is CCCSCc1nc(-c2ccccc2)c(C(=O)O)s1. The largest absolute Gasteiger partial charge is 0.477 e. The third-order valence-corrected chi connectivity index (χ3v) is 4.89. The molecular weight excluding hydrogens is 278 g/mol. The summed E-state index contributed by atoms with van der Waals surface area (Å²) in [7, 11) is 0. The molecule has 0 aliphatic rings. The van der Waals surface area contributed by atoms with E-state index in [4.69, 9.17) is 0 Å². The molecule has 1 aromatic carbocycles. The number of thioether (sulfide) groups is 1. The maximum atomic E-state index is 11.3. The fraction of sp³-hybridized carbons (Fsp3) is 0.286. The second kappa shape index (κ2) is 6.73. The van der Waals surface area contributed by atoms with E-state index in [0.29, 0.717) is 10.6 Å². The minimum atomic E-state index is -0.900. The van der Waals surface area contributed by atoms with Crippen molar-refractivity contribution >= 4 is 29.1 Å². The van der Waals surface area contributed by atoms with Crippen LogP contribution in [0.1, 0.15) is 28.0 Å². The third kappa shape index (κ3) is 3.58. The van der Waals surface area contributed by atoms with Crippen LogP contribution in [0.5, 0.6) is 0 Å². The highest BCUT2D eigenvalue weighted by atomic mass is 32.2. The maximum Gasteiger partial charge on any atom is 0.348 e. The van der Waals surface area contributed by atoms with E-state index in [-0.39, 0.29) is 0 Å². The van der Waals surface area contributed by atoms with E-state index < -0.39 is 5.97 Å². The second-order valence-electron chi connectivity index (χ2n) is 4.01. The molecule has 0 aliphatic carbocycles. The molecule has 5 heteroatoms. The Morgan fingerprint density at radius 1 is 1.37 bits per heavy atom. The van der Waals surface area contributed by atoms with E-state index in [0.717, 1.165) is 28.5 Å². The summed E-state index contributed by atoms with van der Waals surface area (Å²) in [5.41, 5.74) is 1.45. The van der Waals surface area contributed by atoms with Gasteiger partial charge in [-0.2, -0.15) is 11.8 Å². The van der Waals surface area contributed by atoms with Crippen LogP contribution in [0, 0.1) is 0 Å². The molecule has 19 heavy (non-hydrogen) atoms. The summed E-state index contributed by atoms with van der Waals surface area (Å²) < 4.78 is 0. The minimum absolute atomic E-state index is 0.332. The third-order valence-electron chi connectivity index (χ3n) is 2.49. The molecule has 0 radical (unpaired) electrons. The average Bonchev–Trinajstić information content (AvgIpc) is 2.84. The van der Waals surface area contributed by atoms with Crippen LogP contribution >= 0.6 is 23.1 Å². The van der Waals surface area contributed by atoms with Gasteiger partial charge in [0.1, 0.15) is 9.88 Å². The number of benzene rings is 1. The van der Waals surface area contributed by atoms with Crippen LogP contribution in [0.25, 0.3) is 11.3 Å². The highest BCUT2D eigenvalue weighted by Gasteiger charge is 2.18. The quantitative estimate of drug-likeness (QED) is 0.813. The zero-order valence-corrected chi connectivity index (χ0v) is 12.3. The number of carboxylic acids is 1. The lowest BCUT2D eigenvalue weighted by atomic mass is 10.1. The van der Waals surface area contributed by atoms with E-state index in [2.05, 4.69) is 11.9 Å². The van der Waals surface area contributed by atoms with Gasteiger partial charge in [-0.3, -0.25) is 0 Å². The smallest absolute Gasteiger partial charge is 0.348 e. The van der Waals surface area contributed by atoms with Gasteiger partial charge in [0, 0.05) is 11.3 Å². The standard InChI is InChI=1S/C14H15NO2S2/c1-2-8-18-9-11-15-12(13(19-11)14(16)17)10-6-4-3-5-7-10/h3-7H,2,8-9H2,1H3,(H,16,17). The predicted octanol–water partition coefficient (Wildman–Crippen LogP) is 4.15. The predicted molar refractivity (Wildman–Crippen MR) is 81.0 cm³/mol. The first-order valence-corrected chi connectivity index (χ1v) is 8.05.